The highest BCUT2D eigenvalue weighted by Gasteiger charge is 2.21. The van der Waals surface area contributed by atoms with Crippen LogP contribution in [0.15, 0.2) is 48.5 Å². The van der Waals surface area contributed by atoms with Gasteiger partial charge in [-0.3, -0.25) is 4.90 Å². The van der Waals surface area contributed by atoms with Crippen molar-refractivity contribution in [2.75, 3.05) is 39.3 Å². The van der Waals surface area contributed by atoms with Crippen LogP contribution in [0.3, 0.4) is 0 Å². The third kappa shape index (κ3) is 10.6. The fraction of sp³-hybridized carbons (Fsp3) is 0.538. The molecule has 2 saturated heterocycles. The van der Waals surface area contributed by atoms with Crippen molar-refractivity contribution in [1.29, 1.82) is 0 Å². The Hall–Kier alpha value is -1.38. The average Bonchev–Trinajstić information content (AvgIpc) is 2.81. The Kier molecular flexibility index (Phi) is 12.5. The first-order valence-corrected chi connectivity index (χ1v) is 12.7. The van der Waals surface area contributed by atoms with Gasteiger partial charge in [-0.1, -0.05) is 40.2 Å². The number of rotatable bonds is 3. The molecule has 184 valence electrons. The van der Waals surface area contributed by atoms with Gasteiger partial charge in [-0.25, -0.2) is 8.78 Å². The van der Waals surface area contributed by atoms with Crippen molar-refractivity contribution in [2.45, 2.75) is 50.6 Å². The van der Waals surface area contributed by atoms with Crippen LogP contribution in [0, 0.1) is 11.6 Å². The van der Waals surface area contributed by atoms with Gasteiger partial charge in [-0.15, -0.1) is 0 Å². The summed E-state index contributed by atoms with van der Waals surface area (Å²) in [6.07, 6.45) is 0. The van der Waals surface area contributed by atoms with Crippen molar-refractivity contribution >= 4 is 15.9 Å². The molecule has 4 nitrogen and oxygen atoms in total. The lowest BCUT2D eigenvalue weighted by Gasteiger charge is -2.36. The van der Waals surface area contributed by atoms with Crippen LogP contribution in [0.25, 0.3) is 0 Å². The van der Waals surface area contributed by atoms with Gasteiger partial charge in [-0.2, -0.15) is 0 Å². The lowest BCUT2D eigenvalue weighted by atomic mass is 10.1. The summed E-state index contributed by atoms with van der Waals surface area (Å²) in [5.74, 6) is -0.346. The number of nitrogens with one attached hydrogen (secondary N) is 3. The molecule has 0 bridgehead atoms. The molecule has 0 amide bonds. The zero-order chi connectivity index (χ0) is 24.2. The SMILES string of the molecule is CC(Br)c1ccc(F)cc1.CC(c1ccc(F)cc1)N1CCN[C@H](C)C1.C[C@@H]1CNCCN1. The molecule has 2 aliphatic heterocycles. The number of alkyl halides is 1. The van der Waals surface area contributed by atoms with Gasteiger partial charge in [0.2, 0.25) is 0 Å². The Morgan fingerprint density at radius 3 is 1.79 bits per heavy atom. The lowest BCUT2D eigenvalue weighted by Crippen LogP contribution is -2.49. The maximum Gasteiger partial charge on any atom is 0.123 e. The van der Waals surface area contributed by atoms with E-state index in [2.05, 4.69) is 57.6 Å². The summed E-state index contributed by atoms with van der Waals surface area (Å²) in [4.78, 5) is 2.74. The van der Waals surface area contributed by atoms with Gasteiger partial charge in [0, 0.05) is 62.2 Å². The van der Waals surface area contributed by atoms with Gasteiger partial charge in [0.25, 0.3) is 0 Å². The van der Waals surface area contributed by atoms with Gasteiger partial charge >= 0.3 is 0 Å². The summed E-state index contributed by atoms with van der Waals surface area (Å²) in [5.41, 5.74) is 2.29. The number of piperazine rings is 2. The molecule has 7 heteroatoms. The monoisotopic (exact) mass is 524 g/mol. The topological polar surface area (TPSA) is 39.3 Å². The normalized spacial score (nSPS) is 22.8. The van der Waals surface area contributed by atoms with Crippen LogP contribution in [0.5, 0.6) is 0 Å². The predicted octanol–water partition coefficient (Wildman–Crippen LogP) is 5.03. The van der Waals surface area contributed by atoms with E-state index >= 15 is 0 Å². The van der Waals surface area contributed by atoms with Gasteiger partial charge in [0.05, 0.1) is 0 Å². The van der Waals surface area contributed by atoms with E-state index in [1.165, 1.54) is 29.8 Å². The second-order valence-corrected chi connectivity index (χ2v) is 10.2. The quantitative estimate of drug-likeness (QED) is 0.492. The first kappa shape index (κ1) is 27.9. The average molecular weight is 526 g/mol. The molecule has 2 fully saturated rings. The third-order valence-electron chi connectivity index (χ3n) is 5.87. The van der Waals surface area contributed by atoms with Crippen LogP contribution >= 0.6 is 15.9 Å². The molecular formula is C26H39BrF2N4. The minimum atomic E-state index is -0.183. The second kappa shape index (κ2) is 14.8. The van der Waals surface area contributed by atoms with E-state index in [0.29, 0.717) is 23.0 Å². The van der Waals surface area contributed by atoms with Crippen LogP contribution in [0.1, 0.15) is 49.7 Å². The molecule has 0 saturated carbocycles. The van der Waals surface area contributed by atoms with Crippen molar-refractivity contribution in [1.82, 2.24) is 20.9 Å². The minimum Gasteiger partial charge on any atom is -0.314 e. The van der Waals surface area contributed by atoms with Crippen LogP contribution in [-0.2, 0) is 0 Å². The van der Waals surface area contributed by atoms with Crippen LogP contribution in [0.4, 0.5) is 8.78 Å². The van der Waals surface area contributed by atoms with Crippen molar-refractivity contribution in [3.63, 3.8) is 0 Å². The largest absolute Gasteiger partial charge is 0.314 e. The number of benzene rings is 2. The molecule has 2 aromatic carbocycles. The predicted molar refractivity (Wildman–Crippen MR) is 138 cm³/mol. The molecule has 4 rings (SSSR count). The number of halogens is 3. The zero-order valence-electron chi connectivity index (χ0n) is 20.3. The summed E-state index contributed by atoms with van der Waals surface area (Å²) in [6.45, 7) is 15.1. The number of nitrogens with zero attached hydrogens (tertiary/aromatic N) is 1. The number of hydrogen-bond acceptors (Lipinski definition) is 4. The molecule has 4 atom stereocenters. The van der Waals surface area contributed by atoms with Crippen LogP contribution < -0.4 is 16.0 Å². The molecule has 2 unspecified atom stereocenters. The Morgan fingerprint density at radius 2 is 1.36 bits per heavy atom. The van der Waals surface area contributed by atoms with Crippen LogP contribution in [0.2, 0.25) is 0 Å². The summed E-state index contributed by atoms with van der Waals surface area (Å²) in [6, 6.07) is 14.9. The maximum absolute atomic E-state index is 12.8. The smallest absolute Gasteiger partial charge is 0.123 e. The van der Waals surface area contributed by atoms with Gasteiger partial charge in [-0.05, 0) is 63.1 Å². The Balaban J connectivity index is 0.000000193. The van der Waals surface area contributed by atoms with E-state index in [0.717, 1.165) is 44.8 Å². The van der Waals surface area contributed by atoms with E-state index in [4.69, 9.17) is 0 Å². The fourth-order valence-corrected chi connectivity index (χ4v) is 4.10. The third-order valence-corrected chi connectivity index (χ3v) is 6.40. The molecule has 3 N–H and O–H groups in total. The van der Waals surface area contributed by atoms with Crippen LogP contribution in [-0.4, -0.2) is 56.3 Å². The molecule has 2 aromatic rings. The molecule has 2 aliphatic rings. The standard InChI is InChI=1S/C13H19FN2.C8H8BrF.C5H12N2/c1-10-9-16(8-7-15-10)11(2)12-3-5-13(14)6-4-12;1-6(9)7-2-4-8(10)5-3-7;1-5-4-6-2-3-7-5/h3-6,10-11,15H,7-9H2,1-2H3;2-6H,1H3;5-7H,2-4H2,1H3/t10-,11?;;5-/m1.1/s1. The highest BCUT2D eigenvalue weighted by Crippen LogP contribution is 2.22. The van der Waals surface area contributed by atoms with E-state index in [-0.39, 0.29) is 11.6 Å². The molecule has 0 spiro atoms. The summed E-state index contributed by atoms with van der Waals surface area (Å²) in [5, 5.41) is 10.0. The Bertz CT molecular complexity index is 780. The van der Waals surface area contributed by atoms with Gasteiger partial charge in [0.15, 0.2) is 0 Å². The Morgan fingerprint density at radius 1 is 0.818 bits per heavy atom. The zero-order valence-corrected chi connectivity index (χ0v) is 21.8. The molecule has 0 radical (unpaired) electrons. The van der Waals surface area contributed by atoms with Crippen molar-refractivity contribution < 1.29 is 8.78 Å². The highest BCUT2D eigenvalue weighted by atomic mass is 79.9. The van der Waals surface area contributed by atoms with Gasteiger partial charge in [0.1, 0.15) is 11.6 Å². The molecule has 33 heavy (non-hydrogen) atoms. The maximum atomic E-state index is 12.8. The molecule has 0 aromatic heterocycles. The first-order valence-electron chi connectivity index (χ1n) is 11.8. The number of hydrogen-bond donors (Lipinski definition) is 3. The fourth-order valence-electron chi connectivity index (χ4n) is 3.79. The Labute approximate surface area is 206 Å². The van der Waals surface area contributed by atoms with Crippen molar-refractivity contribution in [2.24, 2.45) is 0 Å². The van der Waals surface area contributed by atoms with E-state index in [1.807, 2.05) is 19.1 Å². The second-order valence-electron chi connectivity index (χ2n) is 8.80. The summed E-state index contributed by atoms with van der Waals surface area (Å²) < 4.78 is 25.2. The first-order chi connectivity index (χ1) is 15.8. The van der Waals surface area contributed by atoms with Crippen molar-refractivity contribution in [3.8, 4) is 0 Å². The summed E-state index contributed by atoms with van der Waals surface area (Å²) >= 11 is 3.38. The van der Waals surface area contributed by atoms with E-state index in [1.54, 1.807) is 12.1 Å². The van der Waals surface area contributed by atoms with Gasteiger partial charge < -0.3 is 16.0 Å². The molecular weight excluding hydrogens is 486 g/mol. The van der Waals surface area contributed by atoms with Crippen molar-refractivity contribution in [3.05, 3.63) is 71.3 Å². The van der Waals surface area contributed by atoms with E-state index in [9.17, 15) is 8.78 Å². The minimum absolute atomic E-state index is 0.162. The lowest BCUT2D eigenvalue weighted by molar-refractivity contribution is 0.158. The molecule has 0 aliphatic carbocycles. The highest BCUT2D eigenvalue weighted by molar-refractivity contribution is 9.09. The molecule has 2 heterocycles. The van der Waals surface area contributed by atoms with E-state index < -0.39 is 0 Å². The summed E-state index contributed by atoms with van der Waals surface area (Å²) in [7, 11) is 0.